The van der Waals surface area contributed by atoms with E-state index in [-0.39, 0.29) is 5.97 Å². The molecule has 3 nitrogen and oxygen atoms in total. The van der Waals surface area contributed by atoms with E-state index in [9.17, 15) is 4.79 Å². The van der Waals surface area contributed by atoms with E-state index in [2.05, 4.69) is 6.07 Å². The van der Waals surface area contributed by atoms with Crippen molar-refractivity contribution in [2.24, 2.45) is 5.73 Å². The highest BCUT2D eigenvalue weighted by Crippen LogP contribution is 2.18. The van der Waals surface area contributed by atoms with Gasteiger partial charge in [-0.2, -0.15) is 0 Å². The second-order valence-electron chi connectivity index (χ2n) is 3.97. The number of esters is 1. The summed E-state index contributed by atoms with van der Waals surface area (Å²) in [4.78, 5) is 11.6. The Morgan fingerprint density at radius 1 is 1.38 bits per heavy atom. The number of hydrogen-bond acceptors (Lipinski definition) is 3. The van der Waals surface area contributed by atoms with Crippen molar-refractivity contribution >= 4 is 5.97 Å². The average molecular weight is 221 g/mol. The Labute approximate surface area is 96.6 Å². The van der Waals surface area contributed by atoms with E-state index < -0.39 is 0 Å². The van der Waals surface area contributed by atoms with Gasteiger partial charge < -0.3 is 10.5 Å². The zero-order valence-electron chi connectivity index (χ0n) is 10.2. The van der Waals surface area contributed by atoms with Gasteiger partial charge >= 0.3 is 5.97 Å². The highest BCUT2D eigenvalue weighted by Gasteiger charge is 2.12. The fourth-order valence-corrected chi connectivity index (χ4v) is 1.71. The van der Waals surface area contributed by atoms with Crippen LogP contribution in [0, 0.1) is 13.8 Å². The van der Waals surface area contributed by atoms with Crippen LogP contribution in [0.25, 0.3) is 0 Å². The molecular weight excluding hydrogens is 202 g/mol. The molecule has 0 aliphatic rings. The van der Waals surface area contributed by atoms with Crippen molar-refractivity contribution in [3.63, 3.8) is 0 Å². The first-order chi connectivity index (χ1) is 7.60. The van der Waals surface area contributed by atoms with Crippen molar-refractivity contribution in [1.82, 2.24) is 0 Å². The Bertz CT molecular complexity index is 386. The van der Waals surface area contributed by atoms with Crippen LogP contribution < -0.4 is 5.73 Å². The van der Waals surface area contributed by atoms with Gasteiger partial charge in [-0.3, -0.25) is 0 Å². The molecule has 0 atom stereocenters. The second-order valence-corrected chi connectivity index (χ2v) is 3.97. The fraction of sp³-hybridized carbons (Fsp3) is 0.462. The number of aryl methyl sites for hydroxylation is 2. The Hall–Kier alpha value is -1.35. The summed E-state index contributed by atoms with van der Waals surface area (Å²) in [6.45, 7) is 4.61. The summed E-state index contributed by atoms with van der Waals surface area (Å²) < 4.78 is 4.77. The first-order valence-electron chi connectivity index (χ1n) is 5.48. The van der Waals surface area contributed by atoms with Crippen molar-refractivity contribution in [2.75, 3.05) is 13.7 Å². The maximum absolute atomic E-state index is 11.6. The largest absolute Gasteiger partial charge is 0.465 e. The average Bonchev–Trinajstić information content (AvgIpc) is 2.29. The minimum atomic E-state index is -0.268. The monoisotopic (exact) mass is 221 g/mol. The molecule has 1 aromatic rings. The predicted octanol–water partition coefficient (Wildman–Crippen LogP) is 1.98. The number of rotatable bonds is 4. The summed E-state index contributed by atoms with van der Waals surface area (Å²) >= 11 is 0. The molecule has 0 bridgehead atoms. The van der Waals surface area contributed by atoms with Crippen LogP contribution in [-0.2, 0) is 11.2 Å². The summed E-state index contributed by atoms with van der Waals surface area (Å²) in [5.41, 5.74) is 9.39. The third-order valence-corrected chi connectivity index (χ3v) is 2.80. The normalized spacial score (nSPS) is 10.2. The molecule has 0 spiro atoms. The van der Waals surface area contributed by atoms with Crippen molar-refractivity contribution in [3.8, 4) is 0 Å². The second kappa shape index (κ2) is 5.66. The van der Waals surface area contributed by atoms with Crippen LogP contribution in [0.3, 0.4) is 0 Å². The Morgan fingerprint density at radius 2 is 2.06 bits per heavy atom. The van der Waals surface area contributed by atoms with Gasteiger partial charge in [0, 0.05) is 0 Å². The number of methoxy groups -OCH3 is 1. The lowest BCUT2D eigenvalue weighted by Crippen LogP contribution is -2.07. The molecule has 0 aliphatic heterocycles. The summed E-state index contributed by atoms with van der Waals surface area (Å²) in [5, 5.41) is 0. The number of carbonyl (C=O) groups excluding carboxylic acids is 1. The molecule has 1 aromatic carbocycles. The van der Waals surface area contributed by atoms with Crippen molar-refractivity contribution in [3.05, 3.63) is 34.4 Å². The molecule has 88 valence electrons. The van der Waals surface area contributed by atoms with Gasteiger partial charge in [-0.1, -0.05) is 6.07 Å². The third-order valence-electron chi connectivity index (χ3n) is 2.80. The summed E-state index contributed by atoms with van der Waals surface area (Å²) in [6, 6.07) is 4.02. The molecule has 0 fully saturated rings. The maximum Gasteiger partial charge on any atom is 0.338 e. The molecule has 2 N–H and O–H groups in total. The zero-order chi connectivity index (χ0) is 12.1. The van der Waals surface area contributed by atoms with Crippen LogP contribution in [-0.4, -0.2) is 19.6 Å². The number of benzene rings is 1. The molecule has 0 unspecified atom stereocenters. The molecule has 3 heteroatoms. The Balaban J connectivity index is 3.06. The van der Waals surface area contributed by atoms with Gasteiger partial charge in [-0.15, -0.1) is 0 Å². The summed E-state index contributed by atoms with van der Waals surface area (Å²) in [5.74, 6) is -0.268. The topological polar surface area (TPSA) is 52.3 Å². The van der Waals surface area contributed by atoms with Gasteiger partial charge in [-0.05, 0) is 56.0 Å². The lowest BCUT2D eigenvalue weighted by Gasteiger charge is -2.10. The fourth-order valence-electron chi connectivity index (χ4n) is 1.71. The highest BCUT2D eigenvalue weighted by molar-refractivity contribution is 5.91. The van der Waals surface area contributed by atoms with E-state index >= 15 is 0 Å². The molecule has 0 saturated carbocycles. The standard InChI is InChI=1S/C13H19NO2/c1-9-7-11(5-4-6-14)8-12(10(9)2)13(15)16-3/h7-8H,4-6,14H2,1-3H3. The van der Waals surface area contributed by atoms with Crippen LogP contribution >= 0.6 is 0 Å². The van der Waals surface area contributed by atoms with Gasteiger partial charge in [-0.25, -0.2) is 4.79 Å². The molecule has 16 heavy (non-hydrogen) atoms. The van der Waals surface area contributed by atoms with Crippen LogP contribution in [0.5, 0.6) is 0 Å². The molecule has 0 heterocycles. The predicted molar refractivity (Wildman–Crippen MR) is 64.6 cm³/mol. The number of hydrogen-bond donors (Lipinski definition) is 1. The highest BCUT2D eigenvalue weighted by atomic mass is 16.5. The number of carbonyl (C=O) groups is 1. The zero-order valence-corrected chi connectivity index (χ0v) is 10.2. The summed E-state index contributed by atoms with van der Waals surface area (Å²) in [7, 11) is 1.41. The van der Waals surface area contributed by atoms with E-state index in [0.717, 1.165) is 29.5 Å². The van der Waals surface area contributed by atoms with Crippen molar-refractivity contribution in [1.29, 1.82) is 0 Å². The van der Waals surface area contributed by atoms with Crippen LogP contribution in [0.4, 0.5) is 0 Å². The van der Waals surface area contributed by atoms with Crippen LogP contribution in [0.1, 0.15) is 33.5 Å². The quantitative estimate of drug-likeness (QED) is 0.791. The molecule has 0 aromatic heterocycles. The van der Waals surface area contributed by atoms with E-state index in [0.29, 0.717) is 12.1 Å². The molecule has 0 radical (unpaired) electrons. The molecular formula is C13H19NO2. The van der Waals surface area contributed by atoms with Crippen molar-refractivity contribution < 1.29 is 9.53 Å². The van der Waals surface area contributed by atoms with E-state index in [1.54, 1.807) is 0 Å². The van der Waals surface area contributed by atoms with E-state index in [4.69, 9.17) is 10.5 Å². The van der Waals surface area contributed by atoms with Gasteiger partial charge in [0.15, 0.2) is 0 Å². The first-order valence-corrected chi connectivity index (χ1v) is 5.48. The van der Waals surface area contributed by atoms with E-state index in [1.807, 2.05) is 19.9 Å². The minimum absolute atomic E-state index is 0.268. The smallest absolute Gasteiger partial charge is 0.338 e. The third kappa shape index (κ3) is 2.83. The molecule has 0 aliphatic carbocycles. The Morgan fingerprint density at radius 3 is 2.62 bits per heavy atom. The Kier molecular flexibility index (Phi) is 4.50. The minimum Gasteiger partial charge on any atom is -0.465 e. The van der Waals surface area contributed by atoms with Gasteiger partial charge in [0.05, 0.1) is 12.7 Å². The van der Waals surface area contributed by atoms with Crippen LogP contribution in [0.2, 0.25) is 0 Å². The molecule has 1 rings (SSSR count). The molecule has 0 saturated heterocycles. The van der Waals surface area contributed by atoms with Crippen LogP contribution in [0.15, 0.2) is 12.1 Å². The van der Waals surface area contributed by atoms with Gasteiger partial charge in [0.25, 0.3) is 0 Å². The SMILES string of the molecule is COC(=O)c1cc(CCCN)cc(C)c1C. The van der Waals surface area contributed by atoms with Gasteiger partial charge in [0.1, 0.15) is 0 Å². The lowest BCUT2D eigenvalue weighted by atomic mass is 9.97. The summed E-state index contributed by atoms with van der Waals surface area (Å²) in [6.07, 6.45) is 1.84. The maximum atomic E-state index is 11.6. The first kappa shape index (κ1) is 12.7. The molecule has 0 amide bonds. The number of nitrogens with two attached hydrogens (primary N) is 1. The van der Waals surface area contributed by atoms with E-state index in [1.165, 1.54) is 7.11 Å². The van der Waals surface area contributed by atoms with Gasteiger partial charge in [0.2, 0.25) is 0 Å². The van der Waals surface area contributed by atoms with Crippen molar-refractivity contribution in [2.45, 2.75) is 26.7 Å². The number of ether oxygens (including phenoxy) is 1. The lowest BCUT2D eigenvalue weighted by molar-refractivity contribution is 0.0599.